The van der Waals surface area contributed by atoms with Gasteiger partial charge in [-0.25, -0.2) is 13.6 Å². The normalized spacial score (nSPS) is 15.0. The Morgan fingerprint density at radius 3 is 2.43 bits per heavy atom. The number of sulfonamides is 1. The molecule has 0 saturated heterocycles. The monoisotopic (exact) mass is 310 g/mol. The average molecular weight is 310 g/mol. The molecule has 5 nitrogen and oxygen atoms in total. The molecule has 1 amide bonds. The van der Waals surface area contributed by atoms with E-state index in [1.807, 2.05) is 13.8 Å². The van der Waals surface area contributed by atoms with Gasteiger partial charge in [0.05, 0.1) is 4.90 Å². The molecule has 1 saturated carbocycles. The Morgan fingerprint density at radius 2 is 1.95 bits per heavy atom. The summed E-state index contributed by atoms with van der Waals surface area (Å²) in [5.74, 6) is 0.479. The van der Waals surface area contributed by atoms with Crippen molar-refractivity contribution in [2.24, 2.45) is 11.1 Å². The highest BCUT2D eigenvalue weighted by molar-refractivity contribution is 7.89. The van der Waals surface area contributed by atoms with Gasteiger partial charge in [0.25, 0.3) is 5.91 Å². The van der Waals surface area contributed by atoms with Crippen molar-refractivity contribution in [1.29, 1.82) is 0 Å². The van der Waals surface area contributed by atoms with Crippen LogP contribution in [0, 0.1) is 19.8 Å². The first-order chi connectivity index (χ1) is 9.74. The second-order valence-corrected chi connectivity index (χ2v) is 7.31. The minimum atomic E-state index is -3.81. The van der Waals surface area contributed by atoms with Gasteiger partial charge in [-0.3, -0.25) is 4.79 Å². The van der Waals surface area contributed by atoms with Gasteiger partial charge < -0.3 is 4.90 Å². The van der Waals surface area contributed by atoms with Gasteiger partial charge in [-0.1, -0.05) is 0 Å². The smallest absolute Gasteiger partial charge is 0.254 e. The summed E-state index contributed by atoms with van der Waals surface area (Å²) in [5.41, 5.74) is 2.00. The Bertz CT molecular complexity index is 664. The van der Waals surface area contributed by atoms with E-state index in [1.54, 1.807) is 11.8 Å². The Labute approximate surface area is 126 Å². The predicted molar refractivity (Wildman–Crippen MR) is 81.6 cm³/mol. The summed E-state index contributed by atoms with van der Waals surface area (Å²) in [5, 5.41) is 5.19. The third-order valence-corrected chi connectivity index (χ3v) is 4.94. The molecule has 0 heterocycles. The maximum absolute atomic E-state index is 12.7. The number of amides is 1. The summed E-state index contributed by atoms with van der Waals surface area (Å²) < 4.78 is 23.1. The zero-order valence-corrected chi connectivity index (χ0v) is 13.5. The highest BCUT2D eigenvalue weighted by atomic mass is 32.2. The predicted octanol–water partition coefficient (Wildman–Crippen LogP) is 1.82. The summed E-state index contributed by atoms with van der Waals surface area (Å²) >= 11 is 0. The second-order valence-electron chi connectivity index (χ2n) is 5.74. The minimum absolute atomic E-state index is 0.00331. The molecule has 0 aliphatic heterocycles. The molecule has 0 unspecified atom stereocenters. The molecule has 1 aromatic rings. The van der Waals surface area contributed by atoms with Crippen molar-refractivity contribution < 1.29 is 13.2 Å². The van der Waals surface area contributed by atoms with Crippen LogP contribution < -0.4 is 5.14 Å². The van der Waals surface area contributed by atoms with Gasteiger partial charge in [0.15, 0.2) is 0 Å². The topological polar surface area (TPSA) is 80.5 Å². The SMILES string of the molecule is CCN(CC1CC1)C(=O)c1cc(S(N)(=O)=O)cc(C)c1C. The van der Waals surface area contributed by atoms with E-state index >= 15 is 0 Å². The van der Waals surface area contributed by atoms with Crippen molar-refractivity contribution >= 4 is 15.9 Å². The van der Waals surface area contributed by atoms with Gasteiger partial charge in [-0.05, 0) is 62.8 Å². The van der Waals surface area contributed by atoms with Gasteiger partial charge in [-0.2, -0.15) is 0 Å². The van der Waals surface area contributed by atoms with Crippen LogP contribution >= 0.6 is 0 Å². The average Bonchev–Trinajstić information content (AvgIpc) is 3.21. The van der Waals surface area contributed by atoms with Gasteiger partial charge in [0, 0.05) is 18.7 Å². The third-order valence-electron chi connectivity index (χ3n) is 4.04. The lowest BCUT2D eigenvalue weighted by Crippen LogP contribution is -2.33. The fourth-order valence-electron chi connectivity index (χ4n) is 2.35. The number of primary sulfonamides is 1. The Kier molecular flexibility index (Phi) is 4.39. The lowest BCUT2D eigenvalue weighted by molar-refractivity contribution is 0.0756. The van der Waals surface area contributed by atoms with Crippen molar-refractivity contribution in [2.75, 3.05) is 13.1 Å². The summed E-state index contributed by atoms with van der Waals surface area (Å²) in [6, 6.07) is 2.91. The molecule has 0 aromatic heterocycles. The first-order valence-corrected chi connectivity index (χ1v) is 8.72. The number of nitrogens with zero attached hydrogens (tertiary/aromatic N) is 1. The minimum Gasteiger partial charge on any atom is -0.339 e. The van der Waals surface area contributed by atoms with Crippen LogP contribution in [0.25, 0.3) is 0 Å². The van der Waals surface area contributed by atoms with Crippen LogP contribution in [-0.2, 0) is 10.0 Å². The van der Waals surface area contributed by atoms with Crippen LogP contribution in [0.3, 0.4) is 0 Å². The van der Waals surface area contributed by atoms with Crippen molar-refractivity contribution in [3.8, 4) is 0 Å². The molecule has 21 heavy (non-hydrogen) atoms. The fourth-order valence-corrected chi connectivity index (χ4v) is 2.97. The van der Waals surface area contributed by atoms with Gasteiger partial charge in [-0.15, -0.1) is 0 Å². The molecule has 2 N–H and O–H groups in total. The molecule has 1 aromatic carbocycles. The molecule has 0 bridgehead atoms. The van der Waals surface area contributed by atoms with Gasteiger partial charge >= 0.3 is 0 Å². The van der Waals surface area contributed by atoms with E-state index in [2.05, 4.69) is 0 Å². The van der Waals surface area contributed by atoms with Crippen LogP contribution in [0.15, 0.2) is 17.0 Å². The Balaban J connectivity index is 2.41. The highest BCUT2D eigenvalue weighted by Gasteiger charge is 2.27. The summed E-state index contributed by atoms with van der Waals surface area (Å²) in [6.07, 6.45) is 2.33. The third kappa shape index (κ3) is 3.63. The van der Waals surface area contributed by atoms with Crippen LogP contribution in [0.2, 0.25) is 0 Å². The molecule has 6 heteroatoms. The standard InChI is InChI=1S/C15H22N2O3S/c1-4-17(9-12-5-6-12)15(18)14-8-13(21(16,19)20)7-10(2)11(14)3/h7-8,12H,4-6,9H2,1-3H3,(H2,16,19,20). The number of nitrogens with two attached hydrogens (primary N) is 1. The largest absolute Gasteiger partial charge is 0.339 e. The first-order valence-electron chi connectivity index (χ1n) is 7.17. The first kappa shape index (κ1) is 16.0. The number of rotatable bonds is 5. The molecule has 0 spiro atoms. The van der Waals surface area contributed by atoms with Gasteiger partial charge in [0.2, 0.25) is 10.0 Å². The molecule has 2 rings (SSSR count). The maximum Gasteiger partial charge on any atom is 0.254 e. The zero-order chi connectivity index (χ0) is 15.8. The van der Waals surface area contributed by atoms with Crippen LogP contribution in [0.1, 0.15) is 41.3 Å². The van der Waals surface area contributed by atoms with Crippen molar-refractivity contribution in [3.05, 3.63) is 28.8 Å². The lowest BCUT2D eigenvalue weighted by atomic mass is 10.0. The molecular weight excluding hydrogens is 288 g/mol. The molecular formula is C15H22N2O3S. The highest BCUT2D eigenvalue weighted by Crippen LogP contribution is 2.30. The Hall–Kier alpha value is -1.40. The van der Waals surface area contributed by atoms with Crippen LogP contribution in [-0.4, -0.2) is 32.3 Å². The summed E-state index contributed by atoms with van der Waals surface area (Å²) in [4.78, 5) is 14.5. The number of hydrogen-bond donors (Lipinski definition) is 1. The van der Waals surface area contributed by atoms with E-state index in [-0.39, 0.29) is 10.8 Å². The van der Waals surface area contributed by atoms with E-state index in [9.17, 15) is 13.2 Å². The molecule has 1 aliphatic rings. The van der Waals surface area contributed by atoms with E-state index in [0.717, 1.165) is 17.7 Å². The van der Waals surface area contributed by atoms with E-state index in [4.69, 9.17) is 5.14 Å². The molecule has 1 fully saturated rings. The maximum atomic E-state index is 12.7. The zero-order valence-electron chi connectivity index (χ0n) is 12.7. The number of carbonyl (C=O) groups excluding carboxylic acids is 1. The molecule has 0 atom stereocenters. The number of hydrogen-bond acceptors (Lipinski definition) is 3. The second kappa shape index (κ2) is 5.77. The van der Waals surface area contributed by atoms with Crippen molar-refractivity contribution in [2.45, 2.75) is 38.5 Å². The molecule has 1 aliphatic carbocycles. The van der Waals surface area contributed by atoms with Crippen molar-refractivity contribution in [3.63, 3.8) is 0 Å². The lowest BCUT2D eigenvalue weighted by Gasteiger charge is -2.22. The summed E-state index contributed by atoms with van der Waals surface area (Å²) in [7, 11) is -3.81. The van der Waals surface area contributed by atoms with E-state index in [0.29, 0.717) is 18.0 Å². The number of aryl methyl sites for hydroxylation is 1. The number of carbonyl (C=O) groups is 1. The van der Waals surface area contributed by atoms with Crippen LogP contribution in [0.5, 0.6) is 0 Å². The van der Waals surface area contributed by atoms with Gasteiger partial charge in [0.1, 0.15) is 0 Å². The van der Waals surface area contributed by atoms with E-state index in [1.165, 1.54) is 25.0 Å². The number of benzene rings is 1. The quantitative estimate of drug-likeness (QED) is 0.901. The summed E-state index contributed by atoms with van der Waals surface area (Å²) in [6.45, 7) is 6.92. The van der Waals surface area contributed by atoms with Crippen molar-refractivity contribution in [1.82, 2.24) is 4.90 Å². The Morgan fingerprint density at radius 1 is 1.33 bits per heavy atom. The molecule has 116 valence electrons. The fraction of sp³-hybridized carbons (Fsp3) is 0.533. The van der Waals surface area contributed by atoms with Crippen LogP contribution in [0.4, 0.5) is 0 Å². The molecule has 0 radical (unpaired) electrons. The van der Waals surface area contributed by atoms with E-state index < -0.39 is 10.0 Å².